The predicted molar refractivity (Wildman–Crippen MR) is 41.1 cm³/mol. The van der Waals surface area contributed by atoms with Crippen LogP contribution in [0.25, 0.3) is 5.53 Å². The van der Waals surface area contributed by atoms with Crippen LogP contribution in [-0.2, 0) is 0 Å². The van der Waals surface area contributed by atoms with Crippen molar-refractivity contribution in [3.63, 3.8) is 0 Å². The molecule has 2 heteroatoms. The minimum Gasteiger partial charge on any atom is -0.507 e. The van der Waals surface area contributed by atoms with Crippen LogP contribution < -0.4 is 0 Å². The molecule has 0 unspecified atom stereocenters. The van der Waals surface area contributed by atoms with Crippen molar-refractivity contribution in [2.45, 2.75) is 38.5 Å². The fourth-order valence-electron chi connectivity index (χ4n) is 1.41. The van der Waals surface area contributed by atoms with Crippen molar-refractivity contribution in [3.05, 3.63) is 5.53 Å². The molecular formula is C8H16N2. The van der Waals surface area contributed by atoms with E-state index in [1.165, 1.54) is 30.4 Å². The maximum absolute atomic E-state index is 9.17. The summed E-state index contributed by atoms with van der Waals surface area (Å²) in [6, 6.07) is 0. The maximum atomic E-state index is 9.17. The van der Waals surface area contributed by atoms with E-state index in [9.17, 15) is 5.53 Å². The van der Waals surface area contributed by atoms with Gasteiger partial charge in [-0.2, -0.15) is 0 Å². The first-order valence-electron chi connectivity index (χ1n) is 4.33. The zero-order chi connectivity index (χ0) is 7.23. The van der Waals surface area contributed by atoms with Crippen molar-refractivity contribution in [1.29, 1.82) is 0 Å². The Labute approximate surface area is 62.7 Å². The number of nitrogens with zero attached hydrogens (tertiary/aromatic N) is 2. The molecule has 0 aromatic carbocycles. The molecule has 0 atom stereocenters. The highest BCUT2D eigenvalue weighted by atomic mass is 15.2. The summed E-state index contributed by atoms with van der Waals surface area (Å²) in [5.41, 5.74) is 9.17. The first-order valence-corrected chi connectivity index (χ1v) is 4.33. The van der Waals surface area contributed by atoms with Crippen molar-refractivity contribution in [2.24, 2.45) is 0 Å². The van der Waals surface area contributed by atoms with Gasteiger partial charge < -0.3 is 10.2 Å². The minimum atomic E-state index is 0.875. The van der Waals surface area contributed by atoms with E-state index in [2.05, 4.69) is 0 Å². The van der Waals surface area contributed by atoms with E-state index in [0.29, 0.717) is 0 Å². The van der Waals surface area contributed by atoms with E-state index in [4.69, 9.17) is 0 Å². The number of hydrogen-bond acceptors (Lipinski definition) is 0. The quantitative estimate of drug-likeness (QED) is 0.462. The van der Waals surface area contributed by atoms with E-state index >= 15 is 0 Å². The lowest BCUT2D eigenvalue weighted by Crippen LogP contribution is -2.09. The Morgan fingerprint density at radius 1 is 0.700 bits per heavy atom. The molecular weight excluding hydrogens is 124 g/mol. The van der Waals surface area contributed by atoms with E-state index in [0.717, 1.165) is 25.9 Å². The third-order valence-electron chi connectivity index (χ3n) is 2.08. The van der Waals surface area contributed by atoms with Crippen molar-refractivity contribution < 1.29 is 4.70 Å². The van der Waals surface area contributed by atoms with Crippen LogP contribution in [0.2, 0.25) is 0 Å². The summed E-state index contributed by atoms with van der Waals surface area (Å²) in [5, 5.41) is 0. The number of hydrogen-bond donors (Lipinski definition) is 0. The Kier molecular flexibility index (Phi) is 3.41. The average Bonchev–Trinajstić information content (AvgIpc) is 2.02. The molecule has 0 radical (unpaired) electrons. The maximum Gasteiger partial charge on any atom is 0.130 e. The molecule has 1 saturated heterocycles. The van der Waals surface area contributed by atoms with Gasteiger partial charge in [0.25, 0.3) is 0 Å². The molecule has 1 aliphatic rings. The van der Waals surface area contributed by atoms with Gasteiger partial charge in [0.1, 0.15) is 13.1 Å². The van der Waals surface area contributed by atoms with Crippen LogP contribution in [-0.4, -0.2) is 17.8 Å². The van der Waals surface area contributed by atoms with E-state index < -0.39 is 0 Å². The summed E-state index contributed by atoms with van der Waals surface area (Å²) < 4.78 is 1.46. The highest BCUT2D eigenvalue weighted by Gasteiger charge is 2.01. The first-order chi connectivity index (χ1) is 4.89. The molecule has 0 N–H and O–H groups in total. The molecule has 0 bridgehead atoms. The van der Waals surface area contributed by atoms with Gasteiger partial charge in [0.05, 0.1) is 0 Å². The molecule has 0 amide bonds. The average molecular weight is 140 g/mol. The molecule has 1 rings (SSSR count). The van der Waals surface area contributed by atoms with Crippen LogP contribution >= 0.6 is 0 Å². The molecule has 2 nitrogen and oxygen atoms in total. The third-order valence-corrected chi connectivity index (χ3v) is 2.08. The zero-order valence-electron chi connectivity index (χ0n) is 6.55. The number of rotatable bonds is 0. The summed E-state index contributed by atoms with van der Waals surface area (Å²) in [6.45, 7) is 1.75. The molecule has 0 aromatic heterocycles. The van der Waals surface area contributed by atoms with Gasteiger partial charge in [0, 0.05) is 12.8 Å². The Balaban J connectivity index is 2.21. The first kappa shape index (κ1) is 7.70. The molecule has 0 saturated carbocycles. The summed E-state index contributed by atoms with van der Waals surface area (Å²) in [6.07, 6.45) is 7.61. The molecule has 1 aliphatic heterocycles. The molecule has 0 aromatic rings. The van der Waals surface area contributed by atoms with Crippen molar-refractivity contribution in [2.75, 3.05) is 13.1 Å². The third kappa shape index (κ3) is 2.95. The van der Waals surface area contributed by atoms with Gasteiger partial charge in [-0.3, -0.25) is 0 Å². The van der Waals surface area contributed by atoms with Gasteiger partial charge in [-0.25, -0.2) is 0 Å². The summed E-state index contributed by atoms with van der Waals surface area (Å²) in [4.78, 5) is 0. The van der Waals surface area contributed by atoms with Gasteiger partial charge in [0.15, 0.2) is 0 Å². The summed E-state index contributed by atoms with van der Waals surface area (Å²) in [7, 11) is 0. The van der Waals surface area contributed by atoms with Crippen LogP contribution in [0.1, 0.15) is 38.5 Å². The standard InChI is InChI=1S/C8H16N2/c9-10-7-5-3-1-2-4-6-8-10/h1-8H2. The molecule has 1 heterocycles. The van der Waals surface area contributed by atoms with Crippen LogP contribution in [0.5, 0.6) is 0 Å². The van der Waals surface area contributed by atoms with Crippen molar-refractivity contribution in [1.82, 2.24) is 0 Å². The van der Waals surface area contributed by atoms with Gasteiger partial charge in [-0.15, -0.1) is 0 Å². The van der Waals surface area contributed by atoms with Gasteiger partial charge in [0.2, 0.25) is 0 Å². The highest BCUT2D eigenvalue weighted by molar-refractivity contribution is 4.46. The summed E-state index contributed by atoms with van der Waals surface area (Å²) in [5.74, 6) is 0. The fraction of sp³-hybridized carbons (Fsp3) is 1.00. The molecule has 58 valence electrons. The van der Waals surface area contributed by atoms with Crippen molar-refractivity contribution >= 4 is 0 Å². The Hall–Kier alpha value is -0.400. The molecule has 0 spiro atoms. The lowest BCUT2D eigenvalue weighted by Gasteiger charge is -2.03. The fourth-order valence-corrected chi connectivity index (χ4v) is 1.41. The van der Waals surface area contributed by atoms with E-state index in [1.54, 1.807) is 0 Å². The second kappa shape index (κ2) is 4.42. The van der Waals surface area contributed by atoms with E-state index in [-0.39, 0.29) is 0 Å². The topological polar surface area (TPSA) is 25.3 Å². The second-order valence-corrected chi connectivity index (χ2v) is 3.07. The lowest BCUT2D eigenvalue weighted by molar-refractivity contribution is -0.549. The van der Waals surface area contributed by atoms with Gasteiger partial charge in [-0.1, -0.05) is 12.8 Å². The van der Waals surface area contributed by atoms with Crippen LogP contribution in [0.3, 0.4) is 0 Å². The highest BCUT2D eigenvalue weighted by Crippen LogP contribution is 2.08. The smallest absolute Gasteiger partial charge is 0.130 e. The van der Waals surface area contributed by atoms with Gasteiger partial charge >= 0.3 is 0 Å². The van der Waals surface area contributed by atoms with Crippen LogP contribution in [0, 0.1) is 0 Å². The predicted octanol–water partition coefficient (Wildman–Crippen LogP) is 2.37. The Morgan fingerprint density at radius 2 is 1.10 bits per heavy atom. The molecule has 10 heavy (non-hydrogen) atoms. The Morgan fingerprint density at radius 3 is 1.60 bits per heavy atom. The Bertz CT molecular complexity index is 97.8. The monoisotopic (exact) mass is 140 g/mol. The van der Waals surface area contributed by atoms with Gasteiger partial charge in [-0.05, 0) is 12.8 Å². The molecule has 1 fully saturated rings. The van der Waals surface area contributed by atoms with Crippen LogP contribution in [0.15, 0.2) is 0 Å². The van der Waals surface area contributed by atoms with Crippen LogP contribution in [0.4, 0.5) is 0 Å². The largest absolute Gasteiger partial charge is 0.507 e. The molecule has 0 aliphatic carbocycles. The summed E-state index contributed by atoms with van der Waals surface area (Å²) >= 11 is 0. The second-order valence-electron chi connectivity index (χ2n) is 3.07. The normalized spacial score (nSPS) is 23.0. The minimum absolute atomic E-state index is 0.875. The van der Waals surface area contributed by atoms with E-state index in [1.807, 2.05) is 0 Å². The zero-order valence-corrected chi connectivity index (χ0v) is 6.55. The SMILES string of the molecule is [N-]=[N+]1CCCCCCCC1. The van der Waals surface area contributed by atoms with Crippen molar-refractivity contribution in [3.8, 4) is 0 Å². The lowest BCUT2D eigenvalue weighted by atomic mass is 10.1.